The lowest BCUT2D eigenvalue weighted by atomic mass is 9.61. The number of aryl methyl sites for hydroxylation is 1. The number of benzene rings is 1. The van der Waals surface area contributed by atoms with Crippen molar-refractivity contribution in [2.45, 2.75) is 75.7 Å². The van der Waals surface area contributed by atoms with Gasteiger partial charge >= 0.3 is 0 Å². The Balaban J connectivity index is 1.09. The van der Waals surface area contributed by atoms with Gasteiger partial charge in [0.15, 0.2) is 5.82 Å². The number of carbonyl (C=O) groups is 1. The minimum absolute atomic E-state index is 0.216. The molecule has 6 nitrogen and oxygen atoms in total. The van der Waals surface area contributed by atoms with E-state index in [-0.39, 0.29) is 11.3 Å². The first kappa shape index (κ1) is 18.6. The van der Waals surface area contributed by atoms with Crippen molar-refractivity contribution in [3.63, 3.8) is 0 Å². The fourth-order valence-electron chi connectivity index (χ4n) is 6.68. The summed E-state index contributed by atoms with van der Waals surface area (Å²) in [4.78, 5) is 20.1. The maximum Gasteiger partial charge on any atom is 0.235 e. The molecule has 3 heterocycles. The van der Waals surface area contributed by atoms with Gasteiger partial charge in [-0.2, -0.15) is 4.98 Å². The fraction of sp³-hybridized carbons (Fsp3) is 0.625. The maximum atomic E-state index is 12.8. The van der Waals surface area contributed by atoms with E-state index in [1.807, 2.05) is 12.1 Å². The average molecular weight is 407 g/mol. The average Bonchev–Trinajstić information content (AvgIpc) is 3.45. The van der Waals surface area contributed by atoms with Gasteiger partial charge in [-0.3, -0.25) is 9.69 Å². The predicted molar refractivity (Wildman–Crippen MR) is 113 cm³/mol. The number of aromatic nitrogens is 2. The molecular formula is C24H30N4O2. The summed E-state index contributed by atoms with van der Waals surface area (Å²) in [5.41, 5.74) is 2.40. The number of carbonyl (C=O) groups excluding carboxylic acids is 1. The largest absolute Gasteiger partial charge is 0.339 e. The number of hydrogen-bond acceptors (Lipinski definition) is 5. The van der Waals surface area contributed by atoms with Crippen molar-refractivity contribution < 1.29 is 9.32 Å². The van der Waals surface area contributed by atoms with Crippen molar-refractivity contribution in [3.05, 3.63) is 41.5 Å². The Labute approximate surface area is 177 Å². The number of likely N-dealkylation sites (tertiary alicyclic amines) is 1. The Kier molecular flexibility index (Phi) is 4.11. The molecule has 2 aliphatic carbocycles. The highest BCUT2D eigenvalue weighted by molar-refractivity contribution is 6.06. The molecule has 3 fully saturated rings. The van der Waals surface area contributed by atoms with Gasteiger partial charge in [-0.1, -0.05) is 30.3 Å². The standard InChI is InChI=1S/C24H30N4O2/c1-2-20-26-21(30-27-20)16-13-23(14-16)11-12-28(15-23)17-7-9-24(10-8-17)18-5-3-4-6-19(18)25-22(24)29/h3-6,16-17H,2,7-15H2,1H3,(H,25,29). The van der Waals surface area contributed by atoms with E-state index in [4.69, 9.17) is 4.52 Å². The van der Waals surface area contributed by atoms with Crippen LogP contribution < -0.4 is 5.32 Å². The first-order valence-electron chi connectivity index (χ1n) is 11.6. The van der Waals surface area contributed by atoms with Crippen molar-refractivity contribution >= 4 is 11.6 Å². The highest BCUT2D eigenvalue weighted by atomic mass is 16.5. The number of fused-ring (bicyclic) bond motifs is 2. The van der Waals surface area contributed by atoms with E-state index in [1.165, 1.54) is 37.9 Å². The van der Waals surface area contributed by atoms with Crippen LogP contribution in [0.2, 0.25) is 0 Å². The lowest BCUT2D eigenvalue weighted by Gasteiger charge is -2.45. The molecule has 2 aromatic rings. The molecule has 1 amide bonds. The number of nitrogens with one attached hydrogen (secondary N) is 1. The molecule has 158 valence electrons. The molecule has 30 heavy (non-hydrogen) atoms. The third kappa shape index (κ3) is 2.69. The number of hydrogen-bond donors (Lipinski definition) is 1. The second-order valence-electron chi connectivity index (χ2n) is 10.0. The van der Waals surface area contributed by atoms with Gasteiger partial charge in [0, 0.05) is 30.6 Å². The van der Waals surface area contributed by atoms with Crippen LogP contribution in [0.25, 0.3) is 0 Å². The minimum Gasteiger partial charge on any atom is -0.339 e. The monoisotopic (exact) mass is 406 g/mol. The van der Waals surface area contributed by atoms with E-state index in [2.05, 4.69) is 39.4 Å². The zero-order valence-corrected chi connectivity index (χ0v) is 17.7. The van der Waals surface area contributed by atoms with Crippen LogP contribution in [0.15, 0.2) is 28.8 Å². The number of nitrogens with zero attached hydrogens (tertiary/aromatic N) is 3. The molecule has 4 aliphatic rings. The topological polar surface area (TPSA) is 71.3 Å². The molecule has 6 heteroatoms. The highest BCUT2D eigenvalue weighted by Gasteiger charge is 2.53. The molecule has 1 N–H and O–H groups in total. The van der Waals surface area contributed by atoms with E-state index in [9.17, 15) is 4.79 Å². The molecule has 1 aromatic carbocycles. The van der Waals surface area contributed by atoms with Crippen LogP contribution in [0.1, 0.15) is 75.1 Å². The highest BCUT2D eigenvalue weighted by Crippen LogP contribution is 2.57. The van der Waals surface area contributed by atoms with Crippen LogP contribution in [-0.2, 0) is 16.6 Å². The van der Waals surface area contributed by atoms with Gasteiger partial charge < -0.3 is 9.84 Å². The molecule has 0 bridgehead atoms. The summed E-state index contributed by atoms with van der Waals surface area (Å²) in [7, 11) is 0. The summed E-state index contributed by atoms with van der Waals surface area (Å²) in [5, 5.41) is 7.20. The van der Waals surface area contributed by atoms with E-state index in [0.717, 1.165) is 49.5 Å². The lowest BCUT2D eigenvalue weighted by Crippen LogP contribution is -2.46. The molecule has 1 aromatic heterocycles. The second-order valence-corrected chi connectivity index (χ2v) is 10.0. The predicted octanol–water partition coefficient (Wildman–Crippen LogP) is 4.03. The maximum absolute atomic E-state index is 12.8. The summed E-state index contributed by atoms with van der Waals surface area (Å²) in [6, 6.07) is 8.88. The molecule has 2 aliphatic heterocycles. The summed E-state index contributed by atoms with van der Waals surface area (Å²) in [6.45, 7) is 4.45. The fourth-order valence-corrected chi connectivity index (χ4v) is 6.68. The molecule has 2 spiro atoms. The molecule has 0 unspecified atom stereocenters. The summed E-state index contributed by atoms with van der Waals surface area (Å²) in [5.74, 6) is 2.34. The zero-order valence-electron chi connectivity index (χ0n) is 17.7. The lowest BCUT2D eigenvalue weighted by molar-refractivity contribution is -0.122. The van der Waals surface area contributed by atoms with Crippen LogP contribution >= 0.6 is 0 Å². The first-order valence-corrected chi connectivity index (χ1v) is 11.6. The van der Waals surface area contributed by atoms with Crippen LogP contribution in [0, 0.1) is 5.41 Å². The molecule has 1 saturated heterocycles. The van der Waals surface area contributed by atoms with Gasteiger partial charge in [0.2, 0.25) is 11.8 Å². The number of para-hydroxylation sites is 1. The third-order valence-electron chi connectivity index (χ3n) is 8.43. The molecule has 0 atom stereocenters. The molecule has 0 radical (unpaired) electrons. The summed E-state index contributed by atoms with van der Waals surface area (Å²) >= 11 is 0. The number of amides is 1. The minimum atomic E-state index is -0.291. The van der Waals surface area contributed by atoms with Gasteiger partial charge in [0.1, 0.15) is 0 Å². The van der Waals surface area contributed by atoms with E-state index >= 15 is 0 Å². The van der Waals surface area contributed by atoms with Crippen molar-refractivity contribution in [3.8, 4) is 0 Å². The molecule has 6 rings (SSSR count). The van der Waals surface area contributed by atoms with Crippen molar-refractivity contribution in [1.29, 1.82) is 0 Å². The van der Waals surface area contributed by atoms with E-state index in [1.54, 1.807) is 0 Å². The van der Waals surface area contributed by atoms with Gasteiger partial charge in [-0.05, 0) is 68.5 Å². The third-order valence-corrected chi connectivity index (χ3v) is 8.43. The van der Waals surface area contributed by atoms with Crippen molar-refractivity contribution in [2.75, 3.05) is 18.4 Å². The van der Waals surface area contributed by atoms with E-state index in [0.29, 0.717) is 17.4 Å². The van der Waals surface area contributed by atoms with Crippen LogP contribution in [0.4, 0.5) is 5.69 Å². The summed E-state index contributed by atoms with van der Waals surface area (Å²) in [6.07, 6.45) is 8.64. The Morgan fingerprint density at radius 2 is 2.00 bits per heavy atom. The van der Waals surface area contributed by atoms with Gasteiger partial charge in [0.25, 0.3) is 0 Å². The van der Waals surface area contributed by atoms with Gasteiger partial charge in [-0.25, -0.2) is 0 Å². The Bertz CT molecular complexity index is 969. The summed E-state index contributed by atoms with van der Waals surface area (Å²) < 4.78 is 5.49. The number of rotatable bonds is 3. The smallest absolute Gasteiger partial charge is 0.235 e. The normalized spacial score (nSPS) is 35.6. The Hall–Kier alpha value is -2.21. The van der Waals surface area contributed by atoms with Gasteiger partial charge in [-0.15, -0.1) is 0 Å². The number of anilines is 1. The molecule has 2 saturated carbocycles. The van der Waals surface area contributed by atoms with Crippen LogP contribution in [0.5, 0.6) is 0 Å². The van der Waals surface area contributed by atoms with Crippen LogP contribution in [0.3, 0.4) is 0 Å². The SMILES string of the molecule is CCc1noc(C2CC3(CCN(C4CCC5(CC4)C(=O)Nc4ccccc45)C3)C2)n1. The Morgan fingerprint density at radius 3 is 2.77 bits per heavy atom. The quantitative estimate of drug-likeness (QED) is 0.833. The zero-order chi connectivity index (χ0) is 20.3. The Morgan fingerprint density at radius 1 is 1.20 bits per heavy atom. The first-order chi connectivity index (χ1) is 14.6. The van der Waals surface area contributed by atoms with Crippen molar-refractivity contribution in [2.24, 2.45) is 5.41 Å². The van der Waals surface area contributed by atoms with Gasteiger partial charge in [0.05, 0.1) is 5.41 Å². The molecular weight excluding hydrogens is 376 g/mol. The van der Waals surface area contributed by atoms with E-state index < -0.39 is 0 Å². The second kappa shape index (κ2) is 6.64. The van der Waals surface area contributed by atoms with Crippen LogP contribution in [-0.4, -0.2) is 40.1 Å². The van der Waals surface area contributed by atoms with Crippen molar-refractivity contribution in [1.82, 2.24) is 15.0 Å².